The minimum atomic E-state index is 0.0669. The number of amides is 1. The van der Waals surface area contributed by atoms with E-state index in [1.807, 2.05) is 7.05 Å². The number of carbonyl (C=O) groups is 2. The highest BCUT2D eigenvalue weighted by Gasteiger charge is 2.34. The molecular formula is C15H26N2O2. The van der Waals surface area contributed by atoms with E-state index >= 15 is 0 Å². The van der Waals surface area contributed by atoms with Crippen LogP contribution in [-0.2, 0) is 9.59 Å². The molecule has 0 aromatic heterocycles. The Kier molecular flexibility index (Phi) is 4.97. The molecular weight excluding hydrogens is 240 g/mol. The molecule has 0 aromatic rings. The minimum absolute atomic E-state index is 0.0669. The van der Waals surface area contributed by atoms with Crippen LogP contribution < -0.4 is 10.6 Å². The lowest BCUT2D eigenvalue weighted by Gasteiger charge is -2.16. The second-order valence-corrected chi connectivity index (χ2v) is 6.26. The first-order chi connectivity index (χ1) is 9.10. The molecule has 4 atom stereocenters. The quantitative estimate of drug-likeness (QED) is 0.793. The molecule has 4 nitrogen and oxygen atoms in total. The molecule has 2 saturated carbocycles. The van der Waals surface area contributed by atoms with Gasteiger partial charge in [-0.15, -0.1) is 0 Å². The topological polar surface area (TPSA) is 58.2 Å². The Hall–Kier alpha value is -0.900. The largest absolute Gasteiger partial charge is 0.353 e. The van der Waals surface area contributed by atoms with Gasteiger partial charge in [0.2, 0.25) is 5.91 Å². The summed E-state index contributed by atoms with van der Waals surface area (Å²) in [6.07, 6.45) is 5.92. The van der Waals surface area contributed by atoms with Crippen LogP contribution in [0.4, 0.5) is 0 Å². The molecule has 2 aliphatic carbocycles. The minimum Gasteiger partial charge on any atom is -0.353 e. The molecule has 0 aliphatic heterocycles. The van der Waals surface area contributed by atoms with Gasteiger partial charge in [-0.2, -0.15) is 0 Å². The van der Waals surface area contributed by atoms with E-state index in [2.05, 4.69) is 10.6 Å². The fourth-order valence-electron chi connectivity index (χ4n) is 3.59. The Morgan fingerprint density at radius 3 is 2.42 bits per heavy atom. The lowest BCUT2D eigenvalue weighted by Crippen LogP contribution is -2.37. The second-order valence-electron chi connectivity index (χ2n) is 6.26. The zero-order valence-corrected chi connectivity index (χ0v) is 12.1. The van der Waals surface area contributed by atoms with E-state index in [1.165, 1.54) is 6.42 Å². The predicted octanol–water partition coefficient (Wildman–Crippen LogP) is 1.50. The Balaban J connectivity index is 1.75. The molecule has 4 heteroatoms. The Morgan fingerprint density at radius 2 is 1.79 bits per heavy atom. The van der Waals surface area contributed by atoms with Crippen LogP contribution >= 0.6 is 0 Å². The van der Waals surface area contributed by atoms with Gasteiger partial charge in [0.1, 0.15) is 5.78 Å². The first kappa shape index (κ1) is 14.5. The van der Waals surface area contributed by atoms with Crippen molar-refractivity contribution in [3.63, 3.8) is 0 Å². The average molecular weight is 266 g/mol. The van der Waals surface area contributed by atoms with Crippen molar-refractivity contribution in [1.82, 2.24) is 10.6 Å². The van der Waals surface area contributed by atoms with Gasteiger partial charge < -0.3 is 10.6 Å². The second kappa shape index (κ2) is 6.51. The lowest BCUT2D eigenvalue weighted by molar-refractivity contribution is -0.125. The van der Waals surface area contributed by atoms with E-state index in [0.29, 0.717) is 12.0 Å². The van der Waals surface area contributed by atoms with E-state index in [-0.39, 0.29) is 23.5 Å². The monoisotopic (exact) mass is 266 g/mol. The van der Waals surface area contributed by atoms with Crippen LogP contribution in [0.25, 0.3) is 0 Å². The maximum atomic E-state index is 12.2. The summed E-state index contributed by atoms with van der Waals surface area (Å²) in [6, 6.07) is 0.349. The van der Waals surface area contributed by atoms with Gasteiger partial charge in [0.05, 0.1) is 0 Å². The number of hydrogen-bond donors (Lipinski definition) is 2. The molecule has 2 aliphatic rings. The molecule has 1 amide bonds. The van der Waals surface area contributed by atoms with Gasteiger partial charge in [-0.1, -0.05) is 0 Å². The van der Waals surface area contributed by atoms with Crippen LogP contribution in [0.3, 0.4) is 0 Å². The van der Waals surface area contributed by atoms with E-state index in [9.17, 15) is 9.59 Å². The van der Waals surface area contributed by atoms with Gasteiger partial charge in [0.25, 0.3) is 0 Å². The van der Waals surface area contributed by atoms with Crippen molar-refractivity contribution in [3.8, 4) is 0 Å². The zero-order chi connectivity index (χ0) is 13.8. The van der Waals surface area contributed by atoms with Gasteiger partial charge >= 0.3 is 0 Å². The van der Waals surface area contributed by atoms with Crippen LogP contribution in [0.1, 0.15) is 45.4 Å². The molecule has 0 spiro atoms. The van der Waals surface area contributed by atoms with Crippen LogP contribution in [0.5, 0.6) is 0 Å². The Morgan fingerprint density at radius 1 is 1.05 bits per heavy atom. The van der Waals surface area contributed by atoms with E-state index in [4.69, 9.17) is 0 Å². The van der Waals surface area contributed by atoms with Crippen LogP contribution in [0, 0.1) is 17.8 Å². The molecule has 0 bridgehead atoms. The summed E-state index contributed by atoms with van der Waals surface area (Å²) in [5.41, 5.74) is 0. The normalized spacial score (nSPS) is 34.4. The maximum Gasteiger partial charge on any atom is 0.223 e. The number of hydrogen-bond acceptors (Lipinski definition) is 3. The third-order valence-corrected chi connectivity index (χ3v) is 4.76. The van der Waals surface area contributed by atoms with E-state index in [0.717, 1.165) is 38.6 Å². The van der Waals surface area contributed by atoms with Crippen molar-refractivity contribution in [2.75, 3.05) is 13.6 Å². The summed E-state index contributed by atoms with van der Waals surface area (Å²) in [5.74, 6) is 1.31. The first-order valence-corrected chi connectivity index (χ1v) is 7.55. The SMILES string of the molecule is CNC[C@@H]1CCC(NC(=O)C2CCC(C(C)=O)C2)C1. The number of carbonyl (C=O) groups excluding carboxylic acids is 2. The van der Waals surface area contributed by atoms with E-state index in [1.54, 1.807) is 6.92 Å². The van der Waals surface area contributed by atoms with Crippen molar-refractivity contribution in [1.29, 1.82) is 0 Å². The number of ketones is 1. The first-order valence-electron chi connectivity index (χ1n) is 7.55. The summed E-state index contributed by atoms with van der Waals surface area (Å²) < 4.78 is 0. The van der Waals surface area contributed by atoms with Gasteiger partial charge in [0, 0.05) is 17.9 Å². The zero-order valence-electron chi connectivity index (χ0n) is 12.1. The molecule has 0 aromatic carbocycles. The Labute approximate surface area is 115 Å². The van der Waals surface area contributed by atoms with Crippen LogP contribution in [0.15, 0.2) is 0 Å². The summed E-state index contributed by atoms with van der Waals surface area (Å²) in [6.45, 7) is 2.69. The standard InChI is InChI=1S/C15H26N2O2/c1-10(18)12-4-5-13(8-12)15(19)17-14-6-3-11(7-14)9-16-2/h11-14,16H,3-9H2,1-2H3,(H,17,19)/t11-,12?,13?,14?/m1/s1. The van der Waals surface area contributed by atoms with Crippen LogP contribution in [0.2, 0.25) is 0 Å². The molecule has 19 heavy (non-hydrogen) atoms. The number of rotatable bonds is 5. The molecule has 0 heterocycles. The molecule has 2 N–H and O–H groups in total. The summed E-state index contributed by atoms with van der Waals surface area (Å²) in [7, 11) is 1.98. The van der Waals surface area contributed by atoms with Gasteiger partial charge in [-0.25, -0.2) is 0 Å². The fourth-order valence-corrected chi connectivity index (χ4v) is 3.59. The summed E-state index contributed by atoms with van der Waals surface area (Å²) in [4.78, 5) is 23.5. The fraction of sp³-hybridized carbons (Fsp3) is 0.867. The van der Waals surface area contributed by atoms with Gasteiger partial charge in [-0.05, 0) is 65.0 Å². The Bertz CT molecular complexity index is 343. The van der Waals surface area contributed by atoms with Gasteiger partial charge in [0.15, 0.2) is 0 Å². The smallest absolute Gasteiger partial charge is 0.223 e. The summed E-state index contributed by atoms with van der Waals surface area (Å²) in [5, 5.41) is 6.40. The van der Waals surface area contributed by atoms with Crippen molar-refractivity contribution in [2.24, 2.45) is 17.8 Å². The molecule has 2 rings (SSSR count). The van der Waals surface area contributed by atoms with Gasteiger partial charge in [-0.3, -0.25) is 9.59 Å². The summed E-state index contributed by atoms with van der Waals surface area (Å²) >= 11 is 0. The van der Waals surface area contributed by atoms with Crippen molar-refractivity contribution in [3.05, 3.63) is 0 Å². The number of nitrogens with one attached hydrogen (secondary N) is 2. The lowest BCUT2D eigenvalue weighted by atomic mass is 10.0. The van der Waals surface area contributed by atoms with Crippen LogP contribution in [-0.4, -0.2) is 31.3 Å². The molecule has 0 radical (unpaired) electrons. The highest BCUT2D eigenvalue weighted by atomic mass is 16.2. The van der Waals surface area contributed by atoms with Crippen molar-refractivity contribution < 1.29 is 9.59 Å². The number of Topliss-reactive ketones (excluding diaryl/α,β-unsaturated/α-hetero) is 1. The van der Waals surface area contributed by atoms with Crippen molar-refractivity contribution in [2.45, 2.75) is 51.5 Å². The average Bonchev–Trinajstić information content (AvgIpc) is 2.98. The highest BCUT2D eigenvalue weighted by molar-refractivity contribution is 5.83. The molecule has 2 fully saturated rings. The maximum absolute atomic E-state index is 12.2. The molecule has 108 valence electrons. The highest BCUT2D eigenvalue weighted by Crippen LogP contribution is 2.32. The third kappa shape index (κ3) is 3.78. The third-order valence-electron chi connectivity index (χ3n) is 4.76. The van der Waals surface area contributed by atoms with Crippen molar-refractivity contribution >= 4 is 11.7 Å². The predicted molar refractivity (Wildman–Crippen MR) is 74.7 cm³/mol. The van der Waals surface area contributed by atoms with E-state index < -0.39 is 0 Å². The molecule has 3 unspecified atom stereocenters. The molecule has 0 saturated heterocycles.